The summed E-state index contributed by atoms with van der Waals surface area (Å²) in [5.74, 6) is -0.158. The standard InChI is InChI=1S/C13H17N3.C2H4O2/c1-4-13(2,3)8-5-6-9-10(7-8)12(15)16-11(9)14;1-2(3)4/h5-7H,4H2,1-3H3,(H3,14,15,16);1H3,(H,3,4). The maximum Gasteiger partial charge on any atom is 0.300 e. The summed E-state index contributed by atoms with van der Waals surface area (Å²) < 4.78 is 0. The molecule has 5 nitrogen and oxygen atoms in total. The highest BCUT2D eigenvalue weighted by atomic mass is 16.4. The lowest BCUT2D eigenvalue weighted by molar-refractivity contribution is -0.134. The highest BCUT2D eigenvalue weighted by Crippen LogP contribution is 2.29. The van der Waals surface area contributed by atoms with Gasteiger partial charge in [0.2, 0.25) is 0 Å². The second-order valence-corrected chi connectivity index (χ2v) is 5.39. The summed E-state index contributed by atoms with van der Waals surface area (Å²) in [6.45, 7) is 7.65. The van der Waals surface area contributed by atoms with Gasteiger partial charge in [0, 0.05) is 18.1 Å². The van der Waals surface area contributed by atoms with E-state index in [2.05, 4.69) is 32.2 Å². The lowest BCUT2D eigenvalue weighted by atomic mass is 9.81. The molecular formula is C15H21N3O2. The van der Waals surface area contributed by atoms with Crippen LogP contribution in [-0.4, -0.2) is 22.7 Å². The lowest BCUT2D eigenvalue weighted by Crippen LogP contribution is -2.20. The van der Waals surface area contributed by atoms with E-state index in [1.165, 1.54) is 5.56 Å². The minimum atomic E-state index is -0.833. The van der Waals surface area contributed by atoms with Crippen LogP contribution in [0.3, 0.4) is 0 Å². The van der Waals surface area contributed by atoms with Crippen molar-refractivity contribution in [3.05, 3.63) is 34.9 Å². The van der Waals surface area contributed by atoms with Crippen LogP contribution in [0.1, 0.15) is 50.8 Å². The molecule has 0 saturated carbocycles. The van der Waals surface area contributed by atoms with Gasteiger partial charge in [-0.1, -0.05) is 32.9 Å². The number of fused-ring (bicyclic) bond motifs is 1. The molecular weight excluding hydrogens is 254 g/mol. The van der Waals surface area contributed by atoms with Gasteiger partial charge in [0.1, 0.15) is 11.7 Å². The largest absolute Gasteiger partial charge is 0.481 e. The number of benzene rings is 1. The van der Waals surface area contributed by atoms with Crippen LogP contribution < -0.4 is 5.32 Å². The number of nitrogens with one attached hydrogen (secondary N) is 3. The molecule has 0 spiro atoms. The van der Waals surface area contributed by atoms with Crippen LogP contribution in [0, 0.1) is 10.8 Å². The number of amidine groups is 2. The molecule has 1 aromatic rings. The Kier molecular flexibility index (Phi) is 4.65. The van der Waals surface area contributed by atoms with Crippen LogP contribution in [0.2, 0.25) is 0 Å². The Balaban J connectivity index is 0.000000444. The molecule has 0 atom stereocenters. The Hall–Kier alpha value is -2.17. The number of carboxylic acid groups (broad SMARTS) is 1. The fourth-order valence-corrected chi connectivity index (χ4v) is 1.85. The van der Waals surface area contributed by atoms with Gasteiger partial charge in [-0.3, -0.25) is 15.6 Å². The van der Waals surface area contributed by atoms with Gasteiger partial charge in [0.05, 0.1) is 0 Å². The summed E-state index contributed by atoms with van der Waals surface area (Å²) in [6.07, 6.45) is 1.06. The first-order chi connectivity index (χ1) is 9.19. The molecule has 0 aliphatic carbocycles. The van der Waals surface area contributed by atoms with Gasteiger partial charge in [-0.15, -0.1) is 0 Å². The Labute approximate surface area is 119 Å². The predicted molar refractivity (Wildman–Crippen MR) is 79.9 cm³/mol. The maximum atomic E-state index is 9.00. The monoisotopic (exact) mass is 275 g/mol. The summed E-state index contributed by atoms with van der Waals surface area (Å²) in [7, 11) is 0. The third-order valence-corrected chi connectivity index (χ3v) is 3.47. The molecule has 0 aromatic heterocycles. The summed E-state index contributed by atoms with van der Waals surface area (Å²) in [5, 5.41) is 25.6. The van der Waals surface area contributed by atoms with E-state index in [1.54, 1.807) is 0 Å². The topological polar surface area (TPSA) is 97.0 Å². The van der Waals surface area contributed by atoms with E-state index in [0.717, 1.165) is 24.5 Å². The van der Waals surface area contributed by atoms with Crippen molar-refractivity contribution in [3.8, 4) is 0 Å². The van der Waals surface area contributed by atoms with Gasteiger partial charge in [0.25, 0.3) is 5.97 Å². The minimum absolute atomic E-state index is 0.125. The molecule has 0 radical (unpaired) electrons. The molecule has 4 N–H and O–H groups in total. The Morgan fingerprint density at radius 2 is 1.75 bits per heavy atom. The highest BCUT2D eigenvalue weighted by Gasteiger charge is 2.25. The smallest absolute Gasteiger partial charge is 0.300 e. The van der Waals surface area contributed by atoms with Crippen molar-refractivity contribution < 1.29 is 9.90 Å². The van der Waals surface area contributed by atoms with Gasteiger partial charge in [-0.25, -0.2) is 0 Å². The molecule has 20 heavy (non-hydrogen) atoms. The quantitative estimate of drug-likeness (QED) is 0.668. The lowest BCUT2D eigenvalue weighted by Gasteiger charge is -2.23. The third kappa shape index (κ3) is 3.44. The number of hydrogen-bond acceptors (Lipinski definition) is 3. The van der Waals surface area contributed by atoms with Gasteiger partial charge in [0.15, 0.2) is 0 Å². The molecule has 0 fully saturated rings. The molecule has 108 valence electrons. The van der Waals surface area contributed by atoms with E-state index in [9.17, 15) is 0 Å². The zero-order valence-electron chi connectivity index (χ0n) is 12.3. The fourth-order valence-electron chi connectivity index (χ4n) is 1.85. The average Bonchev–Trinajstić information content (AvgIpc) is 2.64. The van der Waals surface area contributed by atoms with Crippen molar-refractivity contribution in [2.45, 2.75) is 39.5 Å². The first kappa shape index (κ1) is 15.9. The zero-order chi connectivity index (χ0) is 15.5. The summed E-state index contributed by atoms with van der Waals surface area (Å²) in [6, 6.07) is 6.05. The Morgan fingerprint density at radius 3 is 2.25 bits per heavy atom. The van der Waals surface area contributed by atoms with E-state index < -0.39 is 5.97 Å². The molecule has 1 aromatic carbocycles. The molecule has 0 saturated heterocycles. The van der Waals surface area contributed by atoms with Crippen molar-refractivity contribution in [1.29, 1.82) is 10.8 Å². The minimum Gasteiger partial charge on any atom is -0.481 e. The Bertz CT molecular complexity index is 558. The van der Waals surface area contributed by atoms with E-state index in [1.807, 2.05) is 12.1 Å². The van der Waals surface area contributed by atoms with Gasteiger partial charge in [-0.2, -0.15) is 0 Å². The molecule has 0 amide bonds. The molecule has 2 rings (SSSR count). The second-order valence-electron chi connectivity index (χ2n) is 5.39. The van der Waals surface area contributed by atoms with Gasteiger partial charge < -0.3 is 10.4 Å². The Morgan fingerprint density at radius 1 is 1.25 bits per heavy atom. The third-order valence-electron chi connectivity index (χ3n) is 3.47. The molecule has 1 aliphatic rings. The van der Waals surface area contributed by atoms with Crippen molar-refractivity contribution in [2.75, 3.05) is 0 Å². The zero-order valence-corrected chi connectivity index (χ0v) is 12.3. The van der Waals surface area contributed by atoms with Crippen LogP contribution in [0.15, 0.2) is 18.2 Å². The number of aliphatic carboxylic acids is 1. The number of rotatable bonds is 2. The molecule has 5 heteroatoms. The molecule has 1 aliphatic heterocycles. The van der Waals surface area contributed by atoms with Crippen LogP contribution in [0.4, 0.5) is 0 Å². The van der Waals surface area contributed by atoms with E-state index in [0.29, 0.717) is 11.7 Å². The molecule has 1 heterocycles. The first-order valence-corrected chi connectivity index (χ1v) is 6.48. The van der Waals surface area contributed by atoms with Crippen molar-refractivity contribution >= 4 is 17.6 Å². The van der Waals surface area contributed by atoms with Gasteiger partial charge in [-0.05, 0) is 23.5 Å². The average molecular weight is 275 g/mol. The van der Waals surface area contributed by atoms with E-state index in [4.69, 9.17) is 20.7 Å². The normalized spacial score (nSPS) is 13.2. The summed E-state index contributed by atoms with van der Waals surface area (Å²) >= 11 is 0. The maximum absolute atomic E-state index is 9.00. The number of hydrogen-bond donors (Lipinski definition) is 4. The predicted octanol–water partition coefficient (Wildman–Crippen LogP) is 2.72. The molecule has 0 unspecified atom stereocenters. The number of carboxylic acids is 1. The van der Waals surface area contributed by atoms with E-state index in [-0.39, 0.29) is 5.41 Å². The van der Waals surface area contributed by atoms with E-state index >= 15 is 0 Å². The van der Waals surface area contributed by atoms with Crippen LogP contribution >= 0.6 is 0 Å². The van der Waals surface area contributed by atoms with Crippen LogP contribution in [0.25, 0.3) is 0 Å². The second kappa shape index (κ2) is 5.86. The summed E-state index contributed by atoms with van der Waals surface area (Å²) in [4.78, 5) is 9.00. The first-order valence-electron chi connectivity index (χ1n) is 6.48. The SMILES string of the molecule is CC(=O)O.CCC(C)(C)c1ccc2c(c1)C(=N)NC2=N. The van der Waals surface area contributed by atoms with Crippen molar-refractivity contribution in [1.82, 2.24) is 5.32 Å². The van der Waals surface area contributed by atoms with Gasteiger partial charge >= 0.3 is 0 Å². The van der Waals surface area contributed by atoms with Crippen molar-refractivity contribution in [2.24, 2.45) is 0 Å². The fraction of sp³-hybridized carbons (Fsp3) is 0.400. The van der Waals surface area contributed by atoms with Crippen LogP contribution in [0.5, 0.6) is 0 Å². The summed E-state index contributed by atoms with van der Waals surface area (Å²) in [5.41, 5.74) is 3.04. The number of carbonyl (C=O) groups is 1. The highest BCUT2D eigenvalue weighted by molar-refractivity contribution is 6.23. The van der Waals surface area contributed by atoms with Crippen molar-refractivity contribution in [3.63, 3.8) is 0 Å². The molecule has 0 bridgehead atoms. The van der Waals surface area contributed by atoms with Crippen LogP contribution in [-0.2, 0) is 10.2 Å².